The van der Waals surface area contributed by atoms with Gasteiger partial charge < -0.3 is 14.4 Å². The molecule has 4 rings (SSSR count). The molecule has 0 bridgehead atoms. The molecule has 1 unspecified atom stereocenters. The van der Waals surface area contributed by atoms with Crippen molar-refractivity contribution in [1.82, 2.24) is 9.88 Å². The van der Waals surface area contributed by atoms with E-state index in [1.165, 1.54) is 0 Å². The van der Waals surface area contributed by atoms with Gasteiger partial charge in [-0.2, -0.15) is 0 Å². The van der Waals surface area contributed by atoms with Gasteiger partial charge in [0.05, 0.1) is 0 Å². The average Bonchev–Trinajstić information content (AvgIpc) is 2.62. The summed E-state index contributed by atoms with van der Waals surface area (Å²) in [6.45, 7) is 7.62. The van der Waals surface area contributed by atoms with E-state index in [4.69, 9.17) is 9.47 Å². The maximum atomic E-state index is 6.07. The number of benzene rings is 1. The lowest BCUT2D eigenvalue weighted by molar-refractivity contribution is 0.0571. The van der Waals surface area contributed by atoms with E-state index in [1.807, 2.05) is 37.3 Å². The van der Waals surface area contributed by atoms with Gasteiger partial charge in [0, 0.05) is 38.4 Å². The largest absolute Gasteiger partial charge is 0.486 e. The number of para-hydroxylation sites is 2. The molecule has 1 aromatic carbocycles. The Morgan fingerprint density at radius 3 is 2.58 bits per heavy atom. The third-order valence-electron chi connectivity index (χ3n) is 4.60. The maximum absolute atomic E-state index is 6.07. The molecule has 0 N–H and O–H groups in total. The molecule has 0 amide bonds. The highest BCUT2D eigenvalue weighted by molar-refractivity contribution is 5.41. The molecular weight excluding hydrogens is 302 g/mol. The van der Waals surface area contributed by atoms with E-state index in [0.29, 0.717) is 6.61 Å². The van der Waals surface area contributed by atoms with Crippen molar-refractivity contribution in [3.8, 4) is 11.5 Å². The number of ether oxygens (including phenoxy) is 2. The van der Waals surface area contributed by atoms with Crippen LogP contribution in [0.4, 0.5) is 5.82 Å². The summed E-state index contributed by atoms with van der Waals surface area (Å²) in [4.78, 5) is 9.44. The molecule has 1 atom stereocenters. The molecular formula is C19H23N3O2. The number of anilines is 1. The van der Waals surface area contributed by atoms with E-state index in [0.717, 1.165) is 55.7 Å². The Labute approximate surface area is 142 Å². The first-order valence-corrected chi connectivity index (χ1v) is 8.57. The fraction of sp³-hybridized carbons (Fsp3) is 0.421. The lowest BCUT2D eigenvalue weighted by Crippen LogP contribution is -2.50. The van der Waals surface area contributed by atoms with Crippen molar-refractivity contribution in [1.29, 1.82) is 0 Å². The predicted octanol–water partition coefficient (Wildman–Crippen LogP) is 2.35. The zero-order chi connectivity index (χ0) is 16.4. The lowest BCUT2D eigenvalue weighted by Gasteiger charge is -2.37. The molecule has 126 valence electrons. The van der Waals surface area contributed by atoms with Gasteiger partial charge in [0.15, 0.2) is 11.5 Å². The molecule has 0 aliphatic carbocycles. The normalized spacial score (nSPS) is 20.9. The molecule has 0 saturated carbocycles. The van der Waals surface area contributed by atoms with Gasteiger partial charge in [0.25, 0.3) is 0 Å². The Morgan fingerprint density at radius 1 is 1.00 bits per heavy atom. The van der Waals surface area contributed by atoms with E-state index in [-0.39, 0.29) is 6.10 Å². The summed E-state index contributed by atoms with van der Waals surface area (Å²) in [6.07, 6.45) is 0.101. The fourth-order valence-corrected chi connectivity index (χ4v) is 3.31. The van der Waals surface area contributed by atoms with Crippen LogP contribution < -0.4 is 14.4 Å². The lowest BCUT2D eigenvalue weighted by atomic mass is 10.2. The molecule has 2 aliphatic heterocycles. The average molecular weight is 325 g/mol. The topological polar surface area (TPSA) is 37.8 Å². The monoisotopic (exact) mass is 325 g/mol. The van der Waals surface area contributed by atoms with Crippen LogP contribution in [-0.4, -0.2) is 55.3 Å². The highest BCUT2D eigenvalue weighted by atomic mass is 16.6. The second-order valence-corrected chi connectivity index (χ2v) is 6.42. The summed E-state index contributed by atoms with van der Waals surface area (Å²) in [6, 6.07) is 14.1. The second kappa shape index (κ2) is 6.69. The van der Waals surface area contributed by atoms with E-state index in [9.17, 15) is 0 Å². The standard InChI is InChI=1S/C19H23N3O2/c1-15-5-4-8-19(20-15)22-11-9-21(10-12-22)13-16-14-23-17-6-2-3-7-18(17)24-16/h2-8,16H,9-14H2,1H3. The SMILES string of the molecule is Cc1cccc(N2CCN(CC3COc4ccccc4O3)CC2)n1. The minimum atomic E-state index is 0.101. The highest BCUT2D eigenvalue weighted by Gasteiger charge is 2.25. The van der Waals surface area contributed by atoms with Gasteiger partial charge in [0.2, 0.25) is 0 Å². The minimum Gasteiger partial charge on any atom is -0.486 e. The van der Waals surface area contributed by atoms with Crippen molar-refractivity contribution in [3.63, 3.8) is 0 Å². The van der Waals surface area contributed by atoms with Gasteiger partial charge in [-0.05, 0) is 31.2 Å². The van der Waals surface area contributed by atoms with Crippen LogP contribution in [0.15, 0.2) is 42.5 Å². The zero-order valence-electron chi connectivity index (χ0n) is 14.0. The summed E-state index contributed by atoms with van der Waals surface area (Å²) < 4.78 is 11.9. The van der Waals surface area contributed by atoms with Gasteiger partial charge in [-0.1, -0.05) is 18.2 Å². The van der Waals surface area contributed by atoms with Gasteiger partial charge in [-0.3, -0.25) is 4.90 Å². The molecule has 5 nitrogen and oxygen atoms in total. The predicted molar refractivity (Wildman–Crippen MR) is 94.0 cm³/mol. The van der Waals surface area contributed by atoms with Crippen molar-refractivity contribution < 1.29 is 9.47 Å². The number of fused-ring (bicyclic) bond motifs is 1. The molecule has 5 heteroatoms. The third kappa shape index (κ3) is 3.31. The summed E-state index contributed by atoms with van der Waals surface area (Å²) in [5, 5.41) is 0. The third-order valence-corrected chi connectivity index (χ3v) is 4.60. The first-order chi connectivity index (χ1) is 11.8. The summed E-state index contributed by atoms with van der Waals surface area (Å²) in [7, 11) is 0. The number of hydrogen-bond donors (Lipinski definition) is 0. The maximum Gasteiger partial charge on any atom is 0.161 e. The number of aryl methyl sites for hydroxylation is 1. The van der Waals surface area contributed by atoms with Crippen LogP contribution in [0.2, 0.25) is 0 Å². The van der Waals surface area contributed by atoms with Crippen LogP contribution in [-0.2, 0) is 0 Å². The molecule has 0 spiro atoms. The zero-order valence-corrected chi connectivity index (χ0v) is 14.0. The molecule has 24 heavy (non-hydrogen) atoms. The molecule has 2 aliphatic rings. The molecule has 3 heterocycles. The quantitative estimate of drug-likeness (QED) is 0.866. The van der Waals surface area contributed by atoms with Crippen molar-refractivity contribution in [2.75, 3.05) is 44.2 Å². The highest BCUT2D eigenvalue weighted by Crippen LogP contribution is 2.31. The number of rotatable bonds is 3. The molecule has 1 fully saturated rings. The van der Waals surface area contributed by atoms with E-state index >= 15 is 0 Å². The Kier molecular flexibility index (Phi) is 4.26. The van der Waals surface area contributed by atoms with Crippen LogP contribution in [0, 0.1) is 6.92 Å². The van der Waals surface area contributed by atoms with Gasteiger partial charge >= 0.3 is 0 Å². The van der Waals surface area contributed by atoms with E-state index in [1.54, 1.807) is 0 Å². The number of nitrogens with zero attached hydrogens (tertiary/aromatic N) is 3. The van der Waals surface area contributed by atoms with Gasteiger partial charge in [-0.15, -0.1) is 0 Å². The molecule has 0 radical (unpaired) electrons. The van der Waals surface area contributed by atoms with Crippen LogP contribution in [0.25, 0.3) is 0 Å². The molecule has 1 aromatic heterocycles. The summed E-state index contributed by atoms with van der Waals surface area (Å²) in [5.41, 5.74) is 1.07. The fourth-order valence-electron chi connectivity index (χ4n) is 3.31. The van der Waals surface area contributed by atoms with Crippen LogP contribution in [0.3, 0.4) is 0 Å². The smallest absolute Gasteiger partial charge is 0.161 e. The number of piperazine rings is 1. The van der Waals surface area contributed by atoms with Crippen molar-refractivity contribution in [3.05, 3.63) is 48.2 Å². The Hall–Kier alpha value is -2.27. The number of aromatic nitrogens is 1. The first-order valence-electron chi connectivity index (χ1n) is 8.57. The molecule has 1 saturated heterocycles. The number of hydrogen-bond acceptors (Lipinski definition) is 5. The van der Waals surface area contributed by atoms with E-state index < -0.39 is 0 Å². The Balaban J connectivity index is 1.31. The van der Waals surface area contributed by atoms with Crippen molar-refractivity contribution >= 4 is 5.82 Å². The van der Waals surface area contributed by atoms with Crippen molar-refractivity contribution in [2.45, 2.75) is 13.0 Å². The van der Waals surface area contributed by atoms with Gasteiger partial charge in [-0.25, -0.2) is 4.98 Å². The second-order valence-electron chi connectivity index (χ2n) is 6.42. The van der Waals surface area contributed by atoms with Crippen LogP contribution in [0.1, 0.15) is 5.69 Å². The van der Waals surface area contributed by atoms with Crippen molar-refractivity contribution in [2.24, 2.45) is 0 Å². The van der Waals surface area contributed by atoms with Crippen LogP contribution >= 0.6 is 0 Å². The molecule has 2 aromatic rings. The first kappa shape index (κ1) is 15.3. The van der Waals surface area contributed by atoms with E-state index in [2.05, 4.69) is 26.9 Å². The van der Waals surface area contributed by atoms with Crippen LogP contribution in [0.5, 0.6) is 11.5 Å². The Bertz CT molecular complexity index is 699. The summed E-state index contributed by atoms with van der Waals surface area (Å²) in [5.74, 6) is 2.79. The Morgan fingerprint density at radius 2 is 1.79 bits per heavy atom. The minimum absolute atomic E-state index is 0.101. The summed E-state index contributed by atoms with van der Waals surface area (Å²) >= 11 is 0. The van der Waals surface area contributed by atoms with Gasteiger partial charge in [0.1, 0.15) is 18.5 Å². The number of pyridine rings is 1.